The van der Waals surface area contributed by atoms with Gasteiger partial charge in [-0.25, -0.2) is 9.37 Å². The Labute approximate surface area is 163 Å². The smallest absolute Gasteiger partial charge is 0.264 e. The first-order chi connectivity index (χ1) is 13.9. The van der Waals surface area contributed by atoms with Gasteiger partial charge < -0.3 is 16.6 Å². The Bertz CT molecular complexity index is 1430. The molecule has 1 aliphatic rings. The predicted molar refractivity (Wildman–Crippen MR) is 105 cm³/mol. The monoisotopic (exact) mass is 385 g/mol. The number of phenolic OH excluding ortho intramolecular Hbond substituents is 1. The molecular weight excluding hydrogens is 373 g/mol. The molecule has 3 heterocycles. The maximum atomic E-state index is 14.1. The number of nitrogens with zero attached hydrogens (tertiary/aromatic N) is 3. The number of benzene rings is 2. The largest absolute Gasteiger partial charge is 0.507 e. The molecule has 4 aromatic rings. The highest BCUT2D eigenvalue weighted by Gasteiger charge is 2.36. The number of nitrogens with two attached hydrogens (primary N) is 2. The number of halogens is 1. The van der Waals surface area contributed by atoms with Crippen molar-refractivity contribution in [1.82, 2.24) is 9.55 Å². The van der Waals surface area contributed by atoms with Crippen molar-refractivity contribution in [3.8, 4) is 34.2 Å². The molecule has 7 nitrogen and oxygen atoms in total. The van der Waals surface area contributed by atoms with E-state index in [0.29, 0.717) is 22.4 Å². The fraction of sp³-hybridized carbons (Fsp3) is 0. The molecule has 0 spiro atoms. The Balaban J connectivity index is 2.07. The van der Waals surface area contributed by atoms with E-state index < -0.39 is 5.82 Å². The third kappa shape index (κ3) is 2.04. The second kappa shape index (κ2) is 5.56. The molecular formula is C21H12FN5O2. The van der Waals surface area contributed by atoms with Gasteiger partial charge in [-0.3, -0.25) is 9.36 Å². The van der Waals surface area contributed by atoms with Crippen molar-refractivity contribution in [2.24, 2.45) is 0 Å². The van der Waals surface area contributed by atoms with Crippen LogP contribution in [0.4, 0.5) is 15.9 Å². The fourth-order valence-corrected chi connectivity index (χ4v) is 3.89. The molecule has 2 aromatic heterocycles. The maximum absolute atomic E-state index is 14.1. The van der Waals surface area contributed by atoms with E-state index in [1.165, 1.54) is 10.6 Å². The number of pyridine rings is 1. The van der Waals surface area contributed by atoms with E-state index in [9.17, 15) is 19.6 Å². The molecule has 29 heavy (non-hydrogen) atoms. The maximum Gasteiger partial charge on any atom is 0.264 e. The van der Waals surface area contributed by atoms with Crippen LogP contribution < -0.4 is 11.5 Å². The molecule has 0 unspecified atom stereocenters. The number of aromatic nitrogens is 2. The van der Waals surface area contributed by atoms with Gasteiger partial charge in [0.15, 0.2) is 5.65 Å². The molecule has 0 amide bonds. The lowest BCUT2D eigenvalue weighted by atomic mass is 9.95. The van der Waals surface area contributed by atoms with E-state index >= 15 is 0 Å². The number of hydrogen-bond acceptors (Lipinski definition) is 6. The quantitative estimate of drug-likeness (QED) is 0.406. The summed E-state index contributed by atoms with van der Waals surface area (Å²) in [6, 6.07) is 12.3. The first-order valence-corrected chi connectivity index (χ1v) is 8.60. The van der Waals surface area contributed by atoms with Crippen LogP contribution in [0, 0.1) is 17.1 Å². The summed E-state index contributed by atoms with van der Waals surface area (Å²) in [5, 5.41) is 20.2. The molecule has 0 bridgehead atoms. The molecule has 5 N–H and O–H groups in total. The van der Waals surface area contributed by atoms with Crippen LogP contribution in [0.1, 0.15) is 15.9 Å². The molecule has 140 valence electrons. The summed E-state index contributed by atoms with van der Waals surface area (Å²) in [6.07, 6.45) is 0. The Kier molecular flexibility index (Phi) is 3.22. The summed E-state index contributed by atoms with van der Waals surface area (Å²) in [7, 11) is 0. The minimum Gasteiger partial charge on any atom is -0.507 e. The van der Waals surface area contributed by atoms with Crippen LogP contribution in [0.2, 0.25) is 0 Å². The standard InChI is InChI=1S/C21H12FN5O2/c22-9-5-6-14(28)12(7-9)15-16-17(24)13(8-23)19(25)26-20(16)27-18(15)10-3-1-2-4-11(10)21(27)29/h1-7,28H,(H4,24,25,26). The number of nitrogen functional groups attached to an aromatic ring is 2. The van der Waals surface area contributed by atoms with Crippen molar-refractivity contribution in [2.45, 2.75) is 0 Å². The van der Waals surface area contributed by atoms with Crippen LogP contribution in [-0.4, -0.2) is 20.6 Å². The van der Waals surface area contributed by atoms with Gasteiger partial charge in [-0.15, -0.1) is 0 Å². The number of fused-ring (bicyclic) bond motifs is 5. The predicted octanol–water partition coefficient (Wildman–Crippen LogP) is 3.25. The number of carbonyl (C=O) groups is 1. The summed E-state index contributed by atoms with van der Waals surface area (Å²) in [5.74, 6) is -1.24. The Morgan fingerprint density at radius 2 is 1.83 bits per heavy atom. The topological polar surface area (TPSA) is 131 Å². The number of nitriles is 1. The minimum absolute atomic E-state index is 0.0147. The van der Waals surface area contributed by atoms with Crippen LogP contribution in [0.5, 0.6) is 5.75 Å². The molecule has 5 rings (SSSR count). The van der Waals surface area contributed by atoms with Crippen molar-refractivity contribution in [3.63, 3.8) is 0 Å². The van der Waals surface area contributed by atoms with Gasteiger partial charge >= 0.3 is 0 Å². The second-order valence-electron chi connectivity index (χ2n) is 6.67. The summed E-state index contributed by atoms with van der Waals surface area (Å²) in [4.78, 5) is 17.4. The highest BCUT2D eigenvalue weighted by molar-refractivity contribution is 6.22. The van der Waals surface area contributed by atoms with Crippen molar-refractivity contribution < 1.29 is 14.3 Å². The van der Waals surface area contributed by atoms with Gasteiger partial charge in [0.1, 0.15) is 29.0 Å². The third-order valence-corrected chi connectivity index (χ3v) is 5.12. The van der Waals surface area contributed by atoms with E-state index in [4.69, 9.17) is 11.5 Å². The lowest BCUT2D eigenvalue weighted by Crippen LogP contribution is -2.09. The van der Waals surface area contributed by atoms with Gasteiger partial charge in [-0.2, -0.15) is 5.26 Å². The van der Waals surface area contributed by atoms with Gasteiger partial charge in [0.2, 0.25) is 0 Å². The molecule has 8 heteroatoms. The summed E-state index contributed by atoms with van der Waals surface area (Å²) < 4.78 is 15.4. The van der Waals surface area contributed by atoms with E-state index in [1.807, 2.05) is 6.07 Å². The van der Waals surface area contributed by atoms with Crippen LogP contribution in [0.3, 0.4) is 0 Å². The Hall–Kier alpha value is -4.38. The molecule has 2 aromatic carbocycles. The van der Waals surface area contributed by atoms with Gasteiger partial charge in [0, 0.05) is 22.3 Å². The van der Waals surface area contributed by atoms with Gasteiger partial charge in [0.25, 0.3) is 5.91 Å². The summed E-state index contributed by atoms with van der Waals surface area (Å²) in [5.41, 5.74) is 14.1. The highest BCUT2D eigenvalue weighted by Crippen LogP contribution is 2.50. The van der Waals surface area contributed by atoms with Crippen LogP contribution in [0.25, 0.3) is 33.4 Å². The van der Waals surface area contributed by atoms with E-state index in [-0.39, 0.29) is 45.3 Å². The number of phenols is 1. The average molecular weight is 385 g/mol. The molecule has 0 aliphatic carbocycles. The van der Waals surface area contributed by atoms with Crippen molar-refractivity contribution >= 4 is 28.4 Å². The van der Waals surface area contributed by atoms with Gasteiger partial charge in [-0.1, -0.05) is 18.2 Å². The zero-order chi connectivity index (χ0) is 20.4. The summed E-state index contributed by atoms with van der Waals surface area (Å²) in [6.45, 7) is 0. The van der Waals surface area contributed by atoms with E-state index in [1.54, 1.807) is 24.3 Å². The number of anilines is 2. The second-order valence-corrected chi connectivity index (χ2v) is 6.67. The van der Waals surface area contributed by atoms with Crippen LogP contribution >= 0.6 is 0 Å². The molecule has 0 saturated carbocycles. The third-order valence-electron chi connectivity index (χ3n) is 5.12. The molecule has 0 radical (unpaired) electrons. The number of aromatic hydroxyl groups is 1. The first-order valence-electron chi connectivity index (χ1n) is 8.60. The van der Waals surface area contributed by atoms with Crippen molar-refractivity contribution in [3.05, 3.63) is 59.4 Å². The van der Waals surface area contributed by atoms with Crippen LogP contribution in [-0.2, 0) is 0 Å². The van der Waals surface area contributed by atoms with Gasteiger partial charge in [-0.05, 0) is 24.3 Å². The summed E-state index contributed by atoms with van der Waals surface area (Å²) >= 11 is 0. The van der Waals surface area contributed by atoms with Crippen LogP contribution in [0.15, 0.2) is 42.5 Å². The zero-order valence-electron chi connectivity index (χ0n) is 14.8. The lowest BCUT2D eigenvalue weighted by Gasteiger charge is -2.10. The normalized spacial score (nSPS) is 12.1. The van der Waals surface area contributed by atoms with Gasteiger partial charge in [0.05, 0.1) is 16.8 Å². The lowest BCUT2D eigenvalue weighted by molar-refractivity contribution is 0.0973. The highest BCUT2D eigenvalue weighted by atomic mass is 19.1. The van der Waals surface area contributed by atoms with Crippen molar-refractivity contribution in [2.75, 3.05) is 11.5 Å². The first kappa shape index (κ1) is 16.8. The number of hydrogen-bond donors (Lipinski definition) is 3. The molecule has 0 atom stereocenters. The van der Waals surface area contributed by atoms with E-state index in [2.05, 4.69) is 4.98 Å². The van der Waals surface area contributed by atoms with Crippen molar-refractivity contribution in [1.29, 1.82) is 5.26 Å². The zero-order valence-corrected chi connectivity index (χ0v) is 14.8. The Morgan fingerprint density at radius 3 is 2.55 bits per heavy atom. The molecule has 1 aliphatic heterocycles. The van der Waals surface area contributed by atoms with E-state index in [0.717, 1.165) is 12.1 Å². The number of carbonyl (C=O) groups excluding carboxylic acids is 1. The average Bonchev–Trinajstić information content (AvgIpc) is 3.18. The minimum atomic E-state index is -0.578. The molecule has 0 saturated heterocycles. The Morgan fingerprint density at radius 1 is 1.10 bits per heavy atom. The molecule has 0 fully saturated rings. The SMILES string of the molecule is N#Cc1c(N)nc2c(c1N)c(-c1cc(F)ccc1O)c1n2C(=O)c2ccccc2-1. The fourth-order valence-electron chi connectivity index (χ4n) is 3.89. The number of rotatable bonds is 1.